The van der Waals surface area contributed by atoms with E-state index in [4.69, 9.17) is 15.5 Å². The van der Waals surface area contributed by atoms with E-state index in [1.54, 1.807) is 6.20 Å². The topological polar surface area (TPSA) is 65.4 Å². The van der Waals surface area contributed by atoms with Crippen molar-refractivity contribution < 1.29 is 4.74 Å². The first-order chi connectivity index (χ1) is 16.8. The van der Waals surface area contributed by atoms with Crippen LogP contribution in [0.4, 0.5) is 5.82 Å². The Hall–Kier alpha value is -4.12. The van der Waals surface area contributed by atoms with Crippen LogP contribution in [0.3, 0.4) is 0 Å². The molecule has 2 N–H and O–H groups in total. The number of fused-ring (bicyclic) bond motifs is 1. The van der Waals surface area contributed by atoms with Crippen LogP contribution in [0.5, 0.6) is 5.75 Å². The summed E-state index contributed by atoms with van der Waals surface area (Å²) < 4.78 is 8.26. The third-order valence-corrected chi connectivity index (χ3v) is 6.65. The number of aromatic nitrogens is 3. The molecular weight excluding hydrogens is 420 g/mol. The molecule has 5 heteroatoms. The SMILES string of the molecule is Nc1nccn2c(C3CCC3)nc(-c3cccc(OCc4ccc(-c5ccccc5)cc4)c3)c12. The van der Waals surface area contributed by atoms with Crippen molar-refractivity contribution in [1.29, 1.82) is 0 Å². The van der Waals surface area contributed by atoms with E-state index in [9.17, 15) is 0 Å². The third kappa shape index (κ3) is 3.79. The second-order valence-corrected chi connectivity index (χ2v) is 8.86. The maximum absolute atomic E-state index is 6.29. The summed E-state index contributed by atoms with van der Waals surface area (Å²) >= 11 is 0. The first kappa shape index (κ1) is 20.5. The number of hydrogen-bond donors (Lipinski definition) is 1. The molecule has 1 fully saturated rings. The van der Waals surface area contributed by atoms with Gasteiger partial charge < -0.3 is 10.5 Å². The van der Waals surface area contributed by atoms with E-state index in [1.807, 2.05) is 30.5 Å². The summed E-state index contributed by atoms with van der Waals surface area (Å²) in [5, 5.41) is 0. The Morgan fingerprint density at radius 1 is 0.882 bits per heavy atom. The van der Waals surface area contributed by atoms with Crippen LogP contribution in [0.2, 0.25) is 0 Å². The summed E-state index contributed by atoms with van der Waals surface area (Å²) in [7, 11) is 0. The quantitative estimate of drug-likeness (QED) is 0.324. The average molecular weight is 447 g/mol. The average Bonchev–Trinajstić information content (AvgIpc) is 3.23. The lowest BCUT2D eigenvalue weighted by atomic mass is 9.85. The van der Waals surface area contributed by atoms with Crippen LogP contribution >= 0.6 is 0 Å². The number of hydrogen-bond acceptors (Lipinski definition) is 4. The minimum Gasteiger partial charge on any atom is -0.489 e. The van der Waals surface area contributed by atoms with Gasteiger partial charge in [0.15, 0.2) is 0 Å². The summed E-state index contributed by atoms with van der Waals surface area (Å²) in [6.45, 7) is 0.499. The van der Waals surface area contributed by atoms with E-state index in [0.29, 0.717) is 18.3 Å². The van der Waals surface area contributed by atoms with Crippen molar-refractivity contribution in [2.75, 3.05) is 5.73 Å². The second kappa shape index (κ2) is 8.67. The summed E-state index contributed by atoms with van der Waals surface area (Å²) in [4.78, 5) is 9.35. The fourth-order valence-corrected chi connectivity index (χ4v) is 4.57. The van der Waals surface area contributed by atoms with Crippen molar-refractivity contribution in [3.05, 3.63) is 103 Å². The number of nitrogen functional groups attached to an aromatic ring is 1. The van der Waals surface area contributed by atoms with Crippen LogP contribution in [-0.4, -0.2) is 14.4 Å². The number of benzene rings is 3. The van der Waals surface area contributed by atoms with Gasteiger partial charge in [0.25, 0.3) is 0 Å². The molecule has 5 aromatic rings. The number of anilines is 1. The van der Waals surface area contributed by atoms with Gasteiger partial charge >= 0.3 is 0 Å². The second-order valence-electron chi connectivity index (χ2n) is 8.86. The van der Waals surface area contributed by atoms with Crippen molar-refractivity contribution in [3.63, 3.8) is 0 Å². The summed E-state index contributed by atoms with van der Waals surface area (Å²) in [5.41, 5.74) is 12.6. The van der Waals surface area contributed by atoms with E-state index >= 15 is 0 Å². The number of imidazole rings is 1. The first-order valence-corrected chi connectivity index (χ1v) is 11.8. The monoisotopic (exact) mass is 446 g/mol. The number of rotatable bonds is 6. The van der Waals surface area contributed by atoms with Crippen molar-refractivity contribution >= 4 is 11.3 Å². The van der Waals surface area contributed by atoms with Crippen LogP contribution in [0.15, 0.2) is 91.3 Å². The highest BCUT2D eigenvalue weighted by Gasteiger charge is 2.26. The molecule has 0 amide bonds. The molecule has 1 aliphatic carbocycles. The summed E-state index contributed by atoms with van der Waals surface area (Å²) in [5.74, 6) is 2.87. The van der Waals surface area contributed by atoms with Gasteiger partial charge in [-0.15, -0.1) is 0 Å². The van der Waals surface area contributed by atoms with Crippen LogP contribution < -0.4 is 10.5 Å². The molecule has 0 aliphatic heterocycles. The van der Waals surface area contributed by atoms with Gasteiger partial charge in [-0.2, -0.15) is 0 Å². The van der Waals surface area contributed by atoms with Gasteiger partial charge in [-0.1, -0.05) is 73.2 Å². The van der Waals surface area contributed by atoms with Gasteiger partial charge in [-0.25, -0.2) is 9.97 Å². The molecule has 34 heavy (non-hydrogen) atoms. The zero-order chi connectivity index (χ0) is 22.9. The lowest BCUT2D eigenvalue weighted by Crippen LogP contribution is -2.12. The highest BCUT2D eigenvalue weighted by Crippen LogP contribution is 2.39. The van der Waals surface area contributed by atoms with Gasteiger partial charge in [-0.3, -0.25) is 4.40 Å². The van der Waals surface area contributed by atoms with Crippen LogP contribution in [0.25, 0.3) is 27.9 Å². The standard InChI is InChI=1S/C29H26N4O/c30-28-27-26(32-29(23-8-4-9-23)33(27)17-16-31-28)24-10-5-11-25(18-24)34-19-20-12-14-22(15-13-20)21-6-2-1-3-7-21/h1-3,5-7,10-18,23H,4,8-9,19H2,(H2,30,31). The Bertz CT molecular complexity index is 1440. The Morgan fingerprint density at radius 2 is 1.65 bits per heavy atom. The van der Waals surface area contributed by atoms with Gasteiger partial charge in [-0.05, 0) is 41.7 Å². The minimum absolute atomic E-state index is 0.487. The molecule has 0 spiro atoms. The van der Waals surface area contributed by atoms with Crippen molar-refractivity contribution in [3.8, 4) is 28.1 Å². The zero-order valence-electron chi connectivity index (χ0n) is 18.9. The van der Waals surface area contributed by atoms with Crippen molar-refractivity contribution in [1.82, 2.24) is 14.4 Å². The van der Waals surface area contributed by atoms with E-state index in [0.717, 1.165) is 33.9 Å². The lowest BCUT2D eigenvalue weighted by molar-refractivity contribution is 0.306. The summed E-state index contributed by atoms with van der Waals surface area (Å²) in [6.07, 6.45) is 7.32. The number of ether oxygens (including phenoxy) is 1. The van der Waals surface area contributed by atoms with Gasteiger partial charge in [0.05, 0.1) is 0 Å². The van der Waals surface area contributed by atoms with Crippen molar-refractivity contribution in [2.45, 2.75) is 31.8 Å². The number of nitrogens with two attached hydrogens (primary N) is 1. The molecule has 1 saturated carbocycles. The van der Waals surface area contributed by atoms with Gasteiger partial charge in [0, 0.05) is 23.9 Å². The molecule has 0 saturated heterocycles. The van der Waals surface area contributed by atoms with E-state index < -0.39 is 0 Å². The molecule has 2 heterocycles. The molecule has 6 rings (SSSR count). The van der Waals surface area contributed by atoms with E-state index in [-0.39, 0.29) is 0 Å². The van der Waals surface area contributed by atoms with Crippen molar-refractivity contribution in [2.24, 2.45) is 0 Å². The maximum atomic E-state index is 6.29. The largest absolute Gasteiger partial charge is 0.489 e. The first-order valence-electron chi connectivity index (χ1n) is 11.8. The normalized spacial score (nSPS) is 13.6. The fourth-order valence-electron chi connectivity index (χ4n) is 4.57. The highest BCUT2D eigenvalue weighted by atomic mass is 16.5. The Balaban J connectivity index is 1.25. The molecule has 0 atom stereocenters. The Labute approximate surface area is 198 Å². The molecule has 3 aromatic carbocycles. The molecule has 168 valence electrons. The molecule has 0 radical (unpaired) electrons. The van der Waals surface area contributed by atoms with Crippen LogP contribution in [0.1, 0.15) is 36.6 Å². The van der Waals surface area contributed by atoms with Crippen LogP contribution in [-0.2, 0) is 6.61 Å². The van der Waals surface area contributed by atoms with Crippen LogP contribution in [0, 0.1) is 0 Å². The molecular formula is C29H26N4O. The fraction of sp³-hybridized carbons (Fsp3) is 0.172. The van der Waals surface area contributed by atoms with Gasteiger partial charge in [0.2, 0.25) is 0 Å². The van der Waals surface area contributed by atoms with Gasteiger partial charge in [0.1, 0.15) is 35.2 Å². The molecule has 5 nitrogen and oxygen atoms in total. The maximum Gasteiger partial charge on any atom is 0.150 e. The number of nitrogens with zero attached hydrogens (tertiary/aromatic N) is 3. The predicted molar refractivity (Wildman–Crippen MR) is 136 cm³/mol. The Morgan fingerprint density at radius 3 is 2.41 bits per heavy atom. The highest BCUT2D eigenvalue weighted by molar-refractivity contribution is 5.85. The van der Waals surface area contributed by atoms with E-state index in [2.05, 4.69) is 64.0 Å². The molecule has 0 unspecified atom stereocenters. The third-order valence-electron chi connectivity index (χ3n) is 6.65. The minimum atomic E-state index is 0.487. The molecule has 1 aliphatic rings. The smallest absolute Gasteiger partial charge is 0.150 e. The predicted octanol–water partition coefficient (Wildman–Crippen LogP) is 6.49. The summed E-state index contributed by atoms with van der Waals surface area (Å²) in [6, 6.07) is 27.0. The van der Waals surface area contributed by atoms with E-state index in [1.165, 1.54) is 30.4 Å². The molecule has 2 aromatic heterocycles. The lowest BCUT2D eigenvalue weighted by Gasteiger charge is -2.23. The zero-order valence-corrected chi connectivity index (χ0v) is 18.9. The Kier molecular flexibility index (Phi) is 5.22. The molecule has 0 bridgehead atoms.